The minimum Gasteiger partial charge on any atom is -0.385 e. The number of halogens is 1. The SMILES string of the molecule is NC1=NC=NC2C1N=CN2[C@@H]1OC(OCP(=O)(O)O)C=C1F. The molecular formula is C10H13FN5O5P. The van der Waals surface area contributed by atoms with E-state index in [1.807, 2.05) is 0 Å². The van der Waals surface area contributed by atoms with Gasteiger partial charge in [0.15, 0.2) is 30.9 Å². The number of hydrogen-bond donors (Lipinski definition) is 3. The van der Waals surface area contributed by atoms with Crippen LogP contribution in [0.2, 0.25) is 0 Å². The zero-order valence-corrected chi connectivity index (χ0v) is 12.0. The molecule has 0 amide bonds. The Morgan fingerprint density at radius 2 is 2.27 bits per heavy atom. The minimum atomic E-state index is -4.36. The molecule has 0 saturated heterocycles. The molecule has 22 heavy (non-hydrogen) atoms. The summed E-state index contributed by atoms with van der Waals surface area (Å²) in [6.45, 7) is 0. The lowest BCUT2D eigenvalue weighted by Crippen LogP contribution is -2.48. The Morgan fingerprint density at radius 3 is 3.00 bits per heavy atom. The number of ether oxygens (including phenoxy) is 2. The van der Waals surface area contributed by atoms with E-state index in [4.69, 9.17) is 25.0 Å². The molecule has 3 aliphatic heterocycles. The van der Waals surface area contributed by atoms with Crippen LogP contribution in [0, 0.1) is 0 Å². The smallest absolute Gasteiger partial charge is 0.351 e. The summed E-state index contributed by atoms with van der Waals surface area (Å²) in [6.07, 6.45) is -0.202. The zero-order chi connectivity index (χ0) is 15.9. The highest BCUT2D eigenvalue weighted by Gasteiger charge is 2.43. The summed E-state index contributed by atoms with van der Waals surface area (Å²) >= 11 is 0. The molecule has 12 heteroatoms. The summed E-state index contributed by atoms with van der Waals surface area (Å²) in [5.74, 6) is -0.408. The van der Waals surface area contributed by atoms with Crippen molar-refractivity contribution >= 4 is 26.1 Å². The number of rotatable bonds is 4. The van der Waals surface area contributed by atoms with Gasteiger partial charge in [-0.2, -0.15) is 0 Å². The first-order valence-corrected chi connectivity index (χ1v) is 7.99. The molecule has 0 aromatic carbocycles. The molecule has 0 aromatic heterocycles. The van der Waals surface area contributed by atoms with Gasteiger partial charge >= 0.3 is 7.60 Å². The molecule has 0 fully saturated rings. The van der Waals surface area contributed by atoms with Gasteiger partial charge in [-0.15, -0.1) is 0 Å². The van der Waals surface area contributed by atoms with Crippen molar-refractivity contribution in [3.05, 3.63) is 11.9 Å². The Labute approximate surface area is 124 Å². The molecular weight excluding hydrogens is 320 g/mol. The van der Waals surface area contributed by atoms with Gasteiger partial charge in [-0.3, -0.25) is 9.56 Å². The largest absolute Gasteiger partial charge is 0.385 e. The van der Waals surface area contributed by atoms with E-state index in [0.717, 1.165) is 6.08 Å². The minimum absolute atomic E-state index is 0.260. The van der Waals surface area contributed by atoms with Crippen LogP contribution in [0.1, 0.15) is 0 Å². The van der Waals surface area contributed by atoms with Gasteiger partial charge in [-0.05, 0) is 0 Å². The predicted octanol–water partition coefficient (Wildman–Crippen LogP) is -0.888. The first-order chi connectivity index (χ1) is 10.3. The van der Waals surface area contributed by atoms with Gasteiger partial charge in [-0.1, -0.05) is 0 Å². The fourth-order valence-corrected chi connectivity index (χ4v) is 2.54. The Kier molecular flexibility index (Phi) is 3.83. The van der Waals surface area contributed by atoms with Crippen LogP contribution < -0.4 is 5.73 Å². The lowest BCUT2D eigenvalue weighted by Gasteiger charge is -2.30. The molecule has 120 valence electrons. The number of nitrogens with zero attached hydrogens (tertiary/aromatic N) is 4. The molecule has 0 aliphatic carbocycles. The highest BCUT2D eigenvalue weighted by Crippen LogP contribution is 2.36. The van der Waals surface area contributed by atoms with Gasteiger partial charge in [0, 0.05) is 6.08 Å². The number of amidine groups is 1. The van der Waals surface area contributed by atoms with Crippen LogP contribution >= 0.6 is 7.60 Å². The third kappa shape index (κ3) is 2.94. The van der Waals surface area contributed by atoms with Crippen molar-refractivity contribution in [2.75, 3.05) is 6.35 Å². The molecule has 3 heterocycles. The maximum atomic E-state index is 14.0. The molecule has 4 atom stereocenters. The van der Waals surface area contributed by atoms with Crippen LogP contribution in [-0.4, -0.2) is 64.3 Å². The second-order valence-electron chi connectivity index (χ2n) is 4.76. The summed E-state index contributed by atoms with van der Waals surface area (Å²) in [4.78, 5) is 30.9. The predicted molar refractivity (Wildman–Crippen MR) is 73.9 cm³/mol. The molecule has 0 bridgehead atoms. The van der Waals surface area contributed by atoms with E-state index in [-0.39, 0.29) is 5.84 Å². The molecule has 0 radical (unpaired) electrons. The highest BCUT2D eigenvalue weighted by atomic mass is 31.2. The van der Waals surface area contributed by atoms with Crippen LogP contribution in [-0.2, 0) is 14.0 Å². The number of hydrogen-bond acceptors (Lipinski definition) is 8. The van der Waals surface area contributed by atoms with Crippen LogP contribution in [0.25, 0.3) is 0 Å². The van der Waals surface area contributed by atoms with Crippen molar-refractivity contribution in [2.45, 2.75) is 24.7 Å². The highest BCUT2D eigenvalue weighted by molar-refractivity contribution is 7.51. The lowest BCUT2D eigenvalue weighted by atomic mass is 10.2. The summed E-state index contributed by atoms with van der Waals surface area (Å²) in [7, 11) is -4.36. The second kappa shape index (κ2) is 5.52. The molecule has 0 saturated carbocycles. The number of aliphatic imine (C=N–C) groups is 3. The Bertz CT molecular complexity index is 631. The fraction of sp³-hybridized carbons (Fsp3) is 0.500. The first-order valence-electron chi connectivity index (χ1n) is 6.19. The molecule has 0 spiro atoms. The van der Waals surface area contributed by atoms with Crippen molar-refractivity contribution < 1.29 is 28.2 Å². The molecule has 4 N–H and O–H groups in total. The van der Waals surface area contributed by atoms with Crippen molar-refractivity contribution in [3.63, 3.8) is 0 Å². The Balaban J connectivity index is 1.66. The average Bonchev–Trinajstić information content (AvgIpc) is 3.00. The normalized spacial score (nSPS) is 33.9. The van der Waals surface area contributed by atoms with Crippen molar-refractivity contribution in [3.8, 4) is 0 Å². The van der Waals surface area contributed by atoms with Crippen LogP contribution in [0.15, 0.2) is 26.9 Å². The van der Waals surface area contributed by atoms with Crippen molar-refractivity contribution in [2.24, 2.45) is 20.7 Å². The number of fused-ring (bicyclic) bond motifs is 1. The summed E-state index contributed by atoms with van der Waals surface area (Å²) in [5, 5.41) is 0. The van der Waals surface area contributed by atoms with Crippen molar-refractivity contribution in [1.82, 2.24) is 4.90 Å². The second-order valence-corrected chi connectivity index (χ2v) is 6.35. The third-order valence-corrected chi connectivity index (χ3v) is 3.64. The van der Waals surface area contributed by atoms with Gasteiger partial charge in [-0.25, -0.2) is 14.4 Å². The molecule has 0 aromatic rings. The average molecular weight is 333 g/mol. The molecule has 10 nitrogen and oxygen atoms in total. The Hall–Kier alpha value is -1.65. The topological polar surface area (TPSA) is 142 Å². The Morgan fingerprint density at radius 1 is 1.50 bits per heavy atom. The monoisotopic (exact) mass is 333 g/mol. The van der Waals surface area contributed by atoms with E-state index in [9.17, 15) is 8.96 Å². The molecule has 3 aliphatic rings. The summed E-state index contributed by atoms with van der Waals surface area (Å²) in [5.41, 5.74) is 5.70. The van der Waals surface area contributed by atoms with Gasteiger partial charge < -0.3 is 29.9 Å². The van der Waals surface area contributed by atoms with E-state index in [2.05, 4.69) is 15.0 Å². The quantitative estimate of drug-likeness (QED) is 0.566. The van der Waals surface area contributed by atoms with Crippen LogP contribution in [0.4, 0.5) is 4.39 Å². The van der Waals surface area contributed by atoms with E-state index in [1.54, 1.807) is 0 Å². The van der Waals surface area contributed by atoms with Gasteiger partial charge in [0.05, 0.1) is 6.34 Å². The molecule has 3 unspecified atom stereocenters. The van der Waals surface area contributed by atoms with Crippen molar-refractivity contribution in [1.29, 1.82) is 0 Å². The van der Waals surface area contributed by atoms with Gasteiger partial charge in [0.1, 0.15) is 18.2 Å². The van der Waals surface area contributed by atoms with E-state index in [0.29, 0.717) is 0 Å². The van der Waals surface area contributed by atoms with E-state index < -0.39 is 44.5 Å². The maximum Gasteiger partial charge on any atom is 0.351 e. The van der Waals surface area contributed by atoms with Crippen LogP contribution in [0.5, 0.6) is 0 Å². The zero-order valence-electron chi connectivity index (χ0n) is 11.1. The fourth-order valence-electron chi connectivity index (χ4n) is 2.20. The van der Waals surface area contributed by atoms with Gasteiger partial charge in [0.2, 0.25) is 0 Å². The number of nitrogens with two attached hydrogens (primary N) is 1. The maximum absolute atomic E-state index is 14.0. The standard InChI is InChI=1S/C10H13FN5O5P/c11-5-1-6(20-4-22(17,18)19)21-10(5)16-3-15-7-8(12)13-2-14-9(7)16/h1-3,6-7,9-10H,4H2,(H2,12,13,14)(H2,17,18,19)/t6?,7?,9?,10-/m1/s1. The third-order valence-electron chi connectivity index (χ3n) is 3.15. The first kappa shape index (κ1) is 15.3. The van der Waals surface area contributed by atoms with E-state index in [1.165, 1.54) is 17.6 Å². The molecule has 3 rings (SSSR count). The lowest BCUT2D eigenvalue weighted by molar-refractivity contribution is -0.141. The van der Waals surface area contributed by atoms with Crippen LogP contribution in [0.3, 0.4) is 0 Å². The summed E-state index contributed by atoms with van der Waals surface area (Å²) < 4.78 is 34.9. The van der Waals surface area contributed by atoms with Gasteiger partial charge in [0.25, 0.3) is 0 Å². The summed E-state index contributed by atoms with van der Waals surface area (Å²) in [6, 6.07) is -0.517. The van der Waals surface area contributed by atoms with E-state index >= 15 is 0 Å².